The van der Waals surface area contributed by atoms with Crippen LogP contribution in [-0.2, 0) is 0 Å². The summed E-state index contributed by atoms with van der Waals surface area (Å²) in [5.74, 6) is -0.189. The van der Waals surface area contributed by atoms with Crippen molar-refractivity contribution in [2.45, 2.75) is 6.04 Å². The van der Waals surface area contributed by atoms with E-state index in [4.69, 9.17) is 5.11 Å². The first-order valence-electron chi connectivity index (χ1n) is 8.33. The number of hydrogen-bond acceptors (Lipinski definition) is 5. The van der Waals surface area contributed by atoms with Crippen molar-refractivity contribution >= 4 is 0 Å². The number of piperazine rings is 1. The van der Waals surface area contributed by atoms with E-state index in [1.807, 2.05) is 24.3 Å². The van der Waals surface area contributed by atoms with Crippen LogP contribution in [0, 0.1) is 0 Å². The van der Waals surface area contributed by atoms with E-state index >= 15 is 0 Å². The Hall–Kier alpha value is -2.08. The van der Waals surface area contributed by atoms with Gasteiger partial charge in [0.15, 0.2) is 11.5 Å². The number of phenols is 2. The van der Waals surface area contributed by atoms with Gasteiger partial charge >= 0.3 is 0 Å². The Labute approximate surface area is 142 Å². The molecule has 0 amide bonds. The minimum atomic E-state index is -0.0988. The maximum Gasteiger partial charge on any atom is 0.157 e. The summed E-state index contributed by atoms with van der Waals surface area (Å²) in [6.07, 6.45) is 0. The van der Waals surface area contributed by atoms with Gasteiger partial charge < -0.3 is 15.3 Å². The number of aliphatic hydroxyl groups is 1. The first-order valence-corrected chi connectivity index (χ1v) is 8.33. The van der Waals surface area contributed by atoms with E-state index in [0.717, 1.165) is 37.3 Å². The molecule has 2 aromatic rings. The number of nitrogens with zero attached hydrogens (tertiary/aromatic N) is 2. The smallest absolute Gasteiger partial charge is 0.157 e. The second-order valence-electron chi connectivity index (χ2n) is 6.16. The lowest BCUT2D eigenvalue weighted by Crippen LogP contribution is -2.48. The zero-order valence-electron chi connectivity index (χ0n) is 13.7. The van der Waals surface area contributed by atoms with Crippen molar-refractivity contribution in [1.82, 2.24) is 9.80 Å². The lowest BCUT2D eigenvalue weighted by atomic mass is 9.96. The minimum absolute atomic E-state index is 0.0361. The largest absolute Gasteiger partial charge is 0.504 e. The van der Waals surface area contributed by atoms with Gasteiger partial charge in [0.05, 0.1) is 12.6 Å². The molecule has 0 spiro atoms. The summed E-state index contributed by atoms with van der Waals surface area (Å²) in [4.78, 5) is 4.64. The molecule has 3 rings (SSSR count). The molecule has 0 saturated carbocycles. The van der Waals surface area contributed by atoms with Crippen LogP contribution in [0.4, 0.5) is 0 Å². The summed E-state index contributed by atoms with van der Waals surface area (Å²) in [5.41, 5.74) is 2.13. The van der Waals surface area contributed by atoms with Gasteiger partial charge in [-0.2, -0.15) is 0 Å². The highest BCUT2D eigenvalue weighted by Crippen LogP contribution is 2.34. The Kier molecular flexibility index (Phi) is 5.35. The van der Waals surface area contributed by atoms with Crippen molar-refractivity contribution in [3.8, 4) is 11.5 Å². The van der Waals surface area contributed by atoms with E-state index in [9.17, 15) is 10.2 Å². The van der Waals surface area contributed by atoms with Crippen molar-refractivity contribution in [2.24, 2.45) is 0 Å². The second-order valence-corrected chi connectivity index (χ2v) is 6.16. The van der Waals surface area contributed by atoms with Gasteiger partial charge in [0.1, 0.15) is 0 Å². The lowest BCUT2D eigenvalue weighted by molar-refractivity contribution is 0.0944. The Morgan fingerprint density at radius 2 is 1.54 bits per heavy atom. The first-order chi connectivity index (χ1) is 11.7. The molecule has 3 N–H and O–H groups in total. The van der Waals surface area contributed by atoms with Crippen LogP contribution in [0.25, 0.3) is 0 Å². The maximum atomic E-state index is 9.90. The van der Waals surface area contributed by atoms with Gasteiger partial charge in [0.25, 0.3) is 0 Å². The van der Waals surface area contributed by atoms with Gasteiger partial charge in [-0.15, -0.1) is 0 Å². The molecule has 128 valence electrons. The predicted molar refractivity (Wildman–Crippen MR) is 93.2 cm³/mol. The molecule has 0 bridgehead atoms. The number of hydrogen-bond donors (Lipinski definition) is 3. The molecule has 1 aliphatic heterocycles. The summed E-state index contributed by atoms with van der Waals surface area (Å²) in [6, 6.07) is 15.3. The van der Waals surface area contributed by atoms with Gasteiger partial charge in [-0.05, 0) is 23.3 Å². The Morgan fingerprint density at radius 3 is 2.17 bits per heavy atom. The first kappa shape index (κ1) is 16.8. The molecule has 0 aromatic heterocycles. The molecule has 5 nitrogen and oxygen atoms in total. The molecule has 0 aliphatic carbocycles. The average molecular weight is 328 g/mol. The van der Waals surface area contributed by atoms with Crippen molar-refractivity contribution in [3.63, 3.8) is 0 Å². The van der Waals surface area contributed by atoms with Gasteiger partial charge in [-0.1, -0.05) is 36.4 Å². The highest BCUT2D eigenvalue weighted by molar-refractivity contribution is 5.44. The highest BCUT2D eigenvalue weighted by atomic mass is 16.3. The zero-order chi connectivity index (χ0) is 16.9. The van der Waals surface area contributed by atoms with E-state index in [-0.39, 0.29) is 24.1 Å². The normalized spacial score (nSPS) is 17.7. The zero-order valence-corrected chi connectivity index (χ0v) is 13.7. The van der Waals surface area contributed by atoms with Crippen LogP contribution in [0.2, 0.25) is 0 Å². The van der Waals surface area contributed by atoms with Gasteiger partial charge in [0.2, 0.25) is 0 Å². The summed E-state index contributed by atoms with van der Waals surface area (Å²) < 4.78 is 0. The van der Waals surface area contributed by atoms with E-state index in [1.165, 1.54) is 0 Å². The summed E-state index contributed by atoms with van der Waals surface area (Å²) in [6.45, 7) is 4.50. The monoisotopic (exact) mass is 328 g/mol. The van der Waals surface area contributed by atoms with Crippen LogP contribution in [-0.4, -0.2) is 64.5 Å². The number of aliphatic hydroxyl groups excluding tert-OH is 1. The fraction of sp³-hybridized carbons (Fsp3) is 0.368. The standard InChI is InChI=1S/C19H24N2O3/c22-13-12-20-8-10-21(11-9-20)19(15-4-2-1-3-5-15)16-6-7-17(23)18(24)14-16/h1-7,14,19,22-24H,8-13H2. The van der Waals surface area contributed by atoms with Crippen LogP contribution >= 0.6 is 0 Å². The highest BCUT2D eigenvalue weighted by Gasteiger charge is 2.26. The third-order valence-electron chi connectivity index (χ3n) is 4.62. The quantitative estimate of drug-likeness (QED) is 0.730. The second kappa shape index (κ2) is 7.66. The van der Waals surface area contributed by atoms with Crippen LogP contribution in [0.3, 0.4) is 0 Å². The van der Waals surface area contributed by atoms with E-state index in [0.29, 0.717) is 6.54 Å². The van der Waals surface area contributed by atoms with Crippen molar-refractivity contribution in [1.29, 1.82) is 0 Å². The number of rotatable bonds is 5. The molecule has 1 aliphatic rings. The molecular formula is C19H24N2O3. The third kappa shape index (κ3) is 3.70. The third-order valence-corrected chi connectivity index (χ3v) is 4.62. The lowest BCUT2D eigenvalue weighted by Gasteiger charge is -2.39. The van der Waals surface area contributed by atoms with E-state index in [1.54, 1.807) is 12.1 Å². The topological polar surface area (TPSA) is 67.2 Å². The van der Waals surface area contributed by atoms with Gasteiger partial charge in [-0.25, -0.2) is 0 Å². The van der Waals surface area contributed by atoms with Gasteiger partial charge in [-0.3, -0.25) is 9.80 Å². The van der Waals surface area contributed by atoms with E-state index < -0.39 is 0 Å². The summed E-state index contributed by atoms with van der Waals surface area (Å²) in [5, 5.41) is 28.6. The summed E-state index contributed by atoms with van der Waals surface area (Å²) in [7, 11) is 0. The molecule has 5 heteroatoms. The molecule has 0 radical (unpaired) electrons. The molecular weight excluding hydrogens is 304 g/mol. The predicted octanol–water partition coefficient (Wildman–Crippen LogP) is 1.80. The Bertz CT molecular complexity index is 655. The van der Waals surface area contributed by atoms with Crippen LogP contribution in [0.5, 0.6) is 11.5 Å². The van der Waals surface area contributed by atoms with Crippen LogP contribution in [0.1, 0.15) is 17.2 Å². The van der Waals surface area contributed by atoms with Crippen molar-refractivity contribution < 1.29 is 15.3 Å². The van der Waals surface area contributed by atoms with E-state index in [2.05, 4.69) is 21.9 Å². The van der Waals surface area contributed by atoms with Crippen molar-refractivity contribution in [2.75, 3.05) is 39.3 Å². The van der Waals surface area contributed by atoms with Gasteiger partial charge in [0, 0.05) is 32.7 Å². The van der Waals surface area contributed by atoms with Crippen LogP contribution in [0.15, 0.2) is 48.5 Å². The fourth-order valence-electron chi connectivity index (χ4n) is 3.35. The number of β-amino-alcohol motifs (C(OH)–C–C–N with tert-alkyl or cyclic N) is 1. The van der Waals surface area contributed by atoms with Crippen LogP contribution < -0.4 is 0 Å². The molecule has 2 aromatic carbocycles. The molecule has 1 heterocycles. The molecule has 24 heavy (non-hydrogen) atoms. The molecule has 1 saturated heterocycles. The average Bonchev–Trinajstić information content (AvgIpc) is 2.61. The van der Waals surface area contributed by atoms with Crippen molar-refractivity contribution in [3.05, 3.63) is 59.7 Å². The number of phenolic OH excluding ortho intramolecular Hbond substituents is 2. The molecule has 1 unspecified atom stereocenters. The Morgan fingerprint density at radius 1 is 0.833 bits per heavy atom. The summed E-state index contributed by atoms with van der Waals surface area (Å²) >= 11 is 0. The minimum Gasteiger partial charge on any atom is -0.504 e. The number of benzene rings is 2. The fourth-order valence-corrected chi connectivity index (χ4v) is 3.35. The molecule has 1 fully saturated rings. The number of aromatic hydroxyl groups is 2. The molecule has 1 atom stereocenters. The Balaban J connectivity index is 1.87. The maximum absolute atomic E-state index is 9.90. The SMILES string of the molecule is OCCN1CCN(C(c2ccccc2)c2ccc(O)c(O)c2)CC1.